The van der Waals surface area contributed by atoms with Crippen LogP contribution in [0, 0.1) is 5.92 Å². The van der Waals surface area contributed by atoms with Crippen molar-refractivity contribution in [1.29, 1.82) is 0 Å². The van der Waals surface area contributed by atoms with E-state index in [0.29, 0.717) is 5.92 Å². The van der Waals surface area contributed by atoms with Crippen LogP contribution in [0.15, 0.2) is 78.9 Å². The highest BCUT2D eigenvalue weighted by atomic mass is 14.3. The first kappa shape index (κ1) is 24.1. The minimum atomic E-state index is 0.663. The Bertz CT molecular complexity index is 1110. The van der Waals surface area contributed by atoms with Crippen molar-refractivity contribution in [1.82, 2.24) is 0 Å². The summed E-state index contributed by atoms with van der Waals surface area (Å²) in [5, 5.41) is 0. The Hall–Kier alpha value is -2.60. The predicted octanol–water partition coefficient (Wildman–Crippen LogP) is 9.82. The van der Waals surface area contributed by atoms with Crippen molar-refractivity contribution in [2.75, 3.05) is 0 Å². The van der Waals surface area contributed by atoms with E-state index in [2.05, 4.69) is 92.7 Å². The zero-order valence-corrected chi connectivity index (χ0v) is 21.8. The molecule has 2 aliphatic rings. The van der Waals surface area contributed by atoms with Crippen molar-refractivity contribution >= 4 is 0 Å². The number of hydrogen-bond acceptors (Lipinski definition) is 0. The summed E-state index contributed by atoms with van der Waals surface area (Å²) in [6, 6.07) is 26.3. The summed E-state index contributed by atoms with van der Waals surface area (Å²) >= 11 is 0. The molecule has 1 unspecified atom stereocenters. The van der Waals surface area contributed by atoms with Gasteiger partial charge in [-0.2, -0.15) is 0 Å². The fourth-order valence-corrected chi connectivity index (χ4v) is 6.42. The summed E-state index contributed by atoms with van der Waals surface area (Å²) in [7, 11) is 0. The highest BCUT2D eigenvalue weighted by molar-refractivity contribution is 5.65. The second kappa shape index (κ2) is 11.4. The molecule has 0 aliphatic heterocycles. The quantitative estimate of drug-likeness (QED) is 0.306. The summed E-state index contributed by atoms with van der Waals surface area (Å²) in [5.41, 5.74) is 10.4. The zero-order valence-electron chi connectivity index (χ0n) is 21.8. The molecule has 0 saturated heterocycles. The number of rotatable bonds is 7. The molecule has 35 heavy (non-hydrogen) atoms. The molecule has 5 rings (SSSR count). The summed E-state index contributed by atoms with van der Waals surface area (Å²) in [5.74, 6) is 2.21. The molecule has 0 nitrogen and oxygen atoms in total. The van der Waals surface area contributed by atoms with Crippen molar-refractivity contribution in [2.45, 2.75) is 89.9 Å². The first-order chi connectivity index (χ1) is 17.2. The van der Waals surface area contributed by atoms with Gasteiger partial charge in [0.1, 0.15) is 0 Å². The Morgan fingerprint density at radius 2 is 1.40 bits per heavy atom. The van der Waals surface area contributed by atoms with E-state index in [1.807, 2.05) is 0 Å². The van der Waals surface area contributed by atoms with Gasteiger partial charge in [0.25, 0.3) is 0 Å². The van der Waals surface area contributed by atoms with Gasteiger partial charge in [-0.25, -0.2) is 0 Å². The summed E-state index contributed by atoms with van der Waals surface area (Å²) in [4.78, 5) is 0. The van der Waals surface area contributed by atoms with Gasteiger partial charge in [0.15, 0.2) is 0 Å². The lowest BCUT2D eigenvalue weighted by molar-refractivity contribution is 0.376. The number of unbranched alkanes of at least 4 members (excludes halogenated alkanes) is 1. The van der Waals surface area contributed by atoms with Gasteiger partial charge in [0.2, 0.25) is 0 Å². The van der Waals surface area contributed by atoms with E-state index in [-0.39, 0.29) is 0 Å². The average molecular weight is 463 g/mol. The van der Waals surface area contributed by atoms with E-state index in [0.717, 1.165) is 11.8 Å². The molecule has 1 saturated carbocycles. The molecule has 0 heteroatoms. The van der Waals surface area contributed by atoms with Gasteiger partial charge in [0, 0.05) is 0 Å². The van der Waals surface area contributed by atoms with E-state index >= 15 is 0 Å². The maximum Gasteiger partial charge on any atom is -0.0118 e. The van der Waals surface area contributed by atoms with E-state index in [1.54, 1.807) is 11.1 Å². The van der Waals surface area contributed by atoms with Crippen LogP contribution in [0.2, 0.25) is 0 Å². The zero-order chi connectivity index (χ0) is 24.0. The van der Waals surface area contributed by atoms with E-state index in [9.17, 15) is 0 Å². The molecule has 1 fully saturated rings. The van der Waals surface area contributed by atoms with Crippen molar-refractivity contribution in [3.8, 4) is 11.1 Å². The molecular weight excluding hydrogens is 420 g/mol. The van der Waals surface area contributed by atoms with Crippen LogP contribution in [0.1, 0.15) is 98.4 Å². The highest BCUT2D eigenvalue weighted by Crippen LogP contribution is 2.38. The molecule has 1 atom stereocenters. The van der Waals surface area contributed by atoms with Crippen molar-refractivity contribution in [3.05, 3.63) is 107 Å². The van der Waals surface area contributed by atoms with Crippen molar-refractivity contribution < 1.29 is 0 Å². The van der Waals surface area contributed by atoms with Crippen LogP contribution in [0.4, 0.5) is 0 Å². The van der Waals surface area contributed by atoms with E-state index < -0.39 is 0 Å². The van der Waals surface area contributed by atoms with Crippen LogP contribution in [0.25, 0.3) is 11.1 Å². The summed E-state index contributed by atoms with van der Waals surface area (Å²) in [6.45, 7) is 4.42. The van der Waals surface area contributed by atoms with Gasteiger partial charge in [-0.3, -0.25) is 0 Å². The van der Waals surface area contributed by atoms with Crippen LogP contribution in [-0.4, -0.2) is 0 Å². The Labute approximate surface area is 213 Å². The van der Waals surface area contributed by atoms with Crippen LogP contribution in [0.5, 0.6) is 0 Å². The van der Waals surface area contributed by atoms with Crippen LogP contribution >= 0.6 is 0 Å². The summed E-state index contributed by atoms with van der Waals surface area (Å²) < 4.78 is 0. The molecule has 3 aromatic rings. The van der Waals surface area contributed by atoms with Crippen molar-refractivity contribution in [2.24, 2.45) is 5.92 Å². The molecule has 2 aliphatic carbocycles. The molecule has 0 heterocycles. The van der Waals surface area contributed by atoms with Gasteiger partial charge >= 0.3 is 0 Å². The molecule has 182 valence electrons. The first-order valence-electron chi connectivity index (χ1n) is 14.2. The van der Waals surface area contributed by atoms with Crippen LogP contribution < -0.4 is 0 Å². The lowest BCUT2D eigenvalue weighted by Gasteiger charge is -2.27. The predicted molar refractivity (Wildman–Crippen MR) is 151 cm³/mol. The standard InChI is InChI=1S/C35H42/c1-3-5-7-27-10-14-30(15-11-27)32-20-22-35-25-33(21-23-34(35)24-32)31-18-16-29(17-19-31)28-12-8-26(6-4-2)9-13-28/h4,6,10-11,14-19,21,23,25-26,28,32H,3,5,7-9,12-13,20,22,24H2,1-2H3/b6-4+. The molecule has 0 radical (unpaired) electrons. The lowest BCUT2D eigenvalue weighted by Crippen LogP contribution is -2.13. The number of fused-ring (bicyclic) bond motifs is 1. The Balaban J connectivity index is 1.23. The molecule has 3 aromatic carbocycles. The molecule has 0 N–H and O–H groups in total. The third-order valence-corrected chi connectivity index (χ3v) is 8.66. The molecular formula is C35H42. The maximum absolute atomic E-state index is 2.47. The topological polar surface area (TPSA) is 0 Å². The second-order valence-electron chi connectivity index (χ2n) is 11.0. The Kier molecular flexibility index (Phi) is 7.87. The lowest BCUT2D eigenvalue weighted by atomic mass is 9.78. The fourth-order valence-electron chi connectivity index (χ4n) is 6.42. The van der Waals surface area contributed by atoms with Gasteiger partial charge in [-0.15, -0.1) is 0 Å². The number of allylic oxidation sites excluding steroid dienone is 2. The van der Waals surface area contributed by atoms with Gasteiger partial charge in [0.05, 0.1) is 0 Å². The van der Waals surface area contributed by atoms with E-state index in [1.165, 1.54) is 92.0 Å². The number of benzene rings is 3. The second-order valence-corrected chi connectivity index (χ2v) is 11.0. The maximum atomic E-state index is 2.47. The molecule has 0 spiro atoms. The van der Waals surface area contributed by atoms with Crippen molar-refractivity contribution in [3.63, 3.8) is 0 Å². The smallest absolute Gasteiger partial charge is 0.0118 e. The number of hydrogen-bond donors (Lipinski definition) is 0. The Morgan fingerprint density at radius 1 is 0.714 bits per heavy atom. The normalized spacial score (nSPS) is 22.3. The third kappa shape index (κ3) is 5.80. The van der Waals surface area contributed by atoms with Gasteiger partial charge in [-0.05, 0) is 121 Å². The average Bonchev–Trinajstić information content (AvgIpc) is 2.92. The first-order valence-corrected chi connectivity index (χ1v) is 14.2. The van der Waals surface area contributed by atoms with Crippen LogP contribution in [-0.2, 0) is 19.3 Å². The Morgan fingerprint density at radius 3 is 2.11 bits per heavy atom. The third-order valence-electron chi connectivity index (χ3n) is 8.66. The summed E-state index contributed by atoms with van der Waals surface area (Å²) in [6.07, 6.45) is 17.4. The molecule has 0 aromatic heterocycles. The minimum Gasteiger partial charge on any atom is -0.0914 e. The monoisotopic (exact) mass is 462 g/mol. The molecule has 0 amide bonds. The minimum absolute atomic E-state index is 0.663. The largest absolute Gasteiger partial charge is 0.0914 e. The fraction of sp³-hybridized carbons (Fsp3) is 0.429. The molecule has 0 bridgehead atoms. The van der Waals surface area contributed by atoms with Gasteiger partial charge in [-0.1, -0.05) is 92.2 Å². The SMILES string of the molecule is C/C=C/C1CCC(c2ccc(-c3ccc4c(c3)CCC(c3ccc(CCCC)cc3)C4)cc2)CC1. The highest BCUT2D eigenvalue weighted by Gasteiger charge is 2.22. The number of aryl methyl sites for hydroxylation is 2. The van der Waals surface area contributed by atoms with Gasteiger partial charge < -0.3 is 0 Å². The van der Waals surface area contributed by atoms with E-state index in [4.69, 9.17) is 0 Å². The van der Waals surface area contributed by atoms with Crippen LogP contribution in [0.3, 0.4) is 0 Å².